The molecule has 0 aliphatic carbocycles. The van der Waals surface area contributed by atoms with Crippen molar-refractivity contribution >= 4 is 23.5 Å². The van der Waals surface area contributed by atoms with Crippen molar-refractivity contribution < 1.29 is 13.2 Å². The third-order valence-corrected chi connectivity index (χ3v) is 4.37. The van der Waals surface area contributed by atoms with Crippen LogP contribution in [-0.2, 0) is 0 Å². The molecule has 0 atom stereocenters. The van der Waals surface area contributed by atoms with E-state index in [2.05, 4.69) is 0 Å². The minimum atomic E-state index is -0.642. The molecule has 0 saturated heterocycles. The summed E-state index contributed by atoms with van der Waals surface area (Å²) in [6, 6.07) is 8.16. The smallest absolute Gasteiger partial charge is 0.140 e. The van der Waals surface area contributed by atoms with Crippen LogP contribution in [0, 0.1) is 17.5 Å². The van der Waals surface area contributed by atoms with Crippen LogP contribution in [0.3, 0.4) is 0 Å². The molecule has 0 bridgehead atoms. The summed E-state index contributed by atoms with van der Waals surface area (Å²) in [6.07, 6.45) is 1.72. The van der Waals surface area contributed by atoms with Gasteiger partial charge in [0.1, 0.15) is 17.5 Å². The van der Waals surface area contributed by atoms with Crippen molar-refractivity contribution in [2.24, 2.45) is 0 Å². The van der Waals surface area contributed by atoms with Gasteiger partial charge in [-0.25, -0.2) is 13.2 Å². The second-order valence-corrected chi connectivity index (χ2v) is 5.29. The first-order valence-corrected chi connectivity index (χ1v) is 7.12. The summed E-state index contributed by atoms with van der Waals surface area (Å²) >= 11 is 2.11. The van der Waals surface area contributed by atoms with Crippen LogP contribution in [0.1, 0.15) is 0 Å². The molecule has 0 unspecified atom stereocenters. The van der Waals surface area contributed by atoms with Crippen molar-refractivity contribution in [2.45, 2.75) is 14.7 Å². The largest absolute Gasteiger partial charge is 0.206 e. The molecule has 5 heteroatoms. The van der Waals surface area contributed by atoms with Crippen molar-refractivity contribution in [3.05, 3.63) is 53.8 Å². The van der Waals surface area contributed by atoms with E-state index in [1.54, 1.807) is 12.3 Å². The minimum Gasteiger partial charge on any atom is -0.206 e. The highest BCUT2D eigenvalue weighted by Gasteiger charge is 2.14. The maximum atomic E-state index is 13.5. The average molecular weight is 286 g/mol. The molecule has 2 aromatic rings. The van der Waals surface area contributed by atoms with Crippen LogP contribution in [0.15, 0.2) is 51.1 Å². The third-order valence-electron chi connectivity index (χ3n) is 2.27. The zero-order valence-electron chi connectivity index (χ0n) is 9.41. The normalized spacial score (nSPS) is 10.7. The number of hydrogen-bond donors (Lipinski definition) is 0. The predicted molar refractivity (Wildman–Crippen MR) is 68.7 cm³/mol. The number of benzene rings is 2. The molecule has 0 spiro atoms. The van der Waals surface area contributed by atoms with E-state index in [4.69, 9.17) is 0 Å². The van der Waals surface area contributed by atoms with Gasteiger partial charge in [0.05, 0.1) is 9.79 Å². The molecule has 2 rings (SSSR count). The van der Waals surface area contributed by atoms with E-state index in [0.29, 0.717) is 9.79 Å². The van der Waals surface area contributed by atoms with Crippen LogP contribution < -0.4 is 0 Å². The van der Waals surface area contributed by atoms with Crippen LogP contribution in [-0.4, -0.2) is 6.26 Å². The topological polar surface area (TPSA) is 0 Å². The molecule has 94 valence electrons. The second kappa shape index (κ2) is 5.71. The van der Waals surface area contributed by atoms with Crippen LogP contribution >= 0.6 is 23.5 Å². The van der Waals surface area contributed by atoms with Gasteiger partial charge in [-0.1, -0.05) is 23.9 Å². The van der Waals surface area contributed by atoms with Crippen LogP contribution in [0.5, 0.6) is 0 Å². The van der Waals surface area contributed by atoms with Crippen molar-refractivity contribution in [1.82, 2.24) is 0 Å². The van der Waals surface area contributed by atoms with Crippen molar-refractivity contribution in [2.75, 3.05) is 6.26 Å². The Kier molecular flexibility index (Phi) is 4.24. The summed E-state index contributed by atoms with van der Waals surface area (Å²) in [5, 5.41) is 0. The van der Waals surface area contributed by atoms with E-state index in [1.807, 2.05) is 0 Å². The Balaban J connectivity index is 2.43. The highest BCUT2D eigenvalue weighted by atomic mass is 32.2. The maximum Gasteiger partial charge on any atom is 0.140 e. The Morgan fingerprint density at radius 2 is 1.28 bits per heavy atom. The van der Waals surface area contributed by atoms with Gasteiger partial charge in [0.25, 0.3) is 0 Å². The fraction of sp³-hybridized carbons (Fsp3) is 0.0769. The highest BCUT2D eigenvalue weighted by molar-refractivity contribution is 8.02. The molecule has 0 amide bonds. The van der Waals surface area contributed by atoms with Gasteiger partial charge in [0, 0.05) is 4.90 Å². The quantitative estimate of drug-likeness (QED) is 0.730. The third kappa shape index (κ3) is 2.67. The lowest BCUT2D eigenvalue weighted by molar-refractivity contribution is 0.540. The van der Waals surface area contributed by atoms with Gasteiger partial charge in [0.15, 0.2) is 0 Å². The lowest BCUT2D eigenvalue weighted by Gasteiger charge is -2.09. The van der Waals surface area contributed by atoms with Gasteiger partial charge < -0.3 is 0 Å². The fourth-order valence-corrected chi connectivity index (χ4v) is 3.25. The fourth-order valence-electron chi connectivity index (χ4n) is 1.46. The molecule has 0 saturated carbocycles. The summed E-state index contributed by atoms with van der Waals surface area (Å²) < 4.78 is 40.6. The van der Waals surface area contributed by atoms with Crippen molar-refractivity contribution in [3.63, 3.8) is 0 Å². The number of hydrogen-bond acceptors (Lipinski definition) is 2. The molecular weight excluding hydrogens is 277 g/mol. The van der Waals surface area contributed by atoms with Gasteiger partial charge in [-0.15, -0.1) is 11.8 Å². The van der Waals surface area contributed by atoms with E-state index in [9.17, 15) is 13.2 Å². The molecule has 0 fully saturated rings. The standard InChI is InChI=1S/C13H9F3S2/c1-17-13-10(16)6-3-7-11(13)18-12-8(14)4-2-5-9(12)15/h2-7H,1H3. The summed E-state index contributed by atoms with van der Waals surface area (Å²) in [5.74, 6) is -1.67. The first-order chi connectivity index (χ1) is 8.63. The van der Waals surface area contributed by atoms with Gasteiger partial charge in [-0.05, 0) is 30.5 Å². The Hall–Kier alpha value is -1.07. The molecule has 0 nitrogen and oxygen atoms in total. The molecule has 0 heterocycles. The summed E-state index contributed by atoms with van der Waals surface area (Å²) in [5.41, 5.74) is 0. The van der Waals surface area contributed by atoms with Gasteiger partial charge in [-0.3, -0.25) is 0 Å². The average Bonchev–Trinajstić information content (AvgIpc) is 2.34. The number of halogens is 3. The molecule has 0 N–H and O–H groups in total. The van der Waals surface area contributed by atoms with Crippen molar-refractivity contribution in [1.29, 1.82) is 0 Å². The zero-order chi connectivity index (χ0) is 13.1. The Morgan fingerprint density at radius 3 is 1.83 bits per heavy atom. The maximum absolute atomic E-state index is 13.5. The molecule has 0 radical (unpaired) electrons. The Morgan fingerprint density at radius 1 is 0.778 bits per heavy atom. The highest BCUT2D eigenvalue weighted by Crippen LogP contribution is 2.38. The zero-order valence-corrected chi connectivity index (χ0v) is 11.0. The first-order valence-electron chi connectivity index (χ1n) is 5.08. The van der Waals surface area contributed by atoms with E-state index in [0.717, 1.165) is 11.8 Å². The van der Waals surface area contributed by atoms with Gasteiger partial charge in [0.2, 0.25) is 0 Å². The van der Waals surface area contributed by atoms with E-state index in [1.165, 1.54) is 42.1 Å². The molecule has 0 aliphatic rings. The Labute approximate surface area is 112 Å². The summed E-state index contributed by atoms with van der Waals surface area (Å²) in [4.78, 5) is 0.787. The second-order valence-electron chi connectivity index (χ2n) is 3.42. The first kappa shape index (κ1) is 13.4. The molecule has 2 aromatic carbocycles. The predicted octanol–water partition coefficient (Wildman–Crippen LogP) is 4.98. The molecular formula is C13H9F3S2. The minimum absolute atomic E-state index is 0.113. The van der Waals surface area contributed by atoms with E-state index >= 15 is 0 Å². The van der Waals surface area contributed by atoms with Crippen LogP contribution in [0.2, 0.25) is 0 Å². The van der Waals surface area contributed by atoms with Gasteiger partial charge >= 0.3 is 0 Å². The molecule has 18 heavy (non-hydrogen) atoms. The van der Waals surface area contributed by atoms with Crippen LogP contribution in [0.25, 0.3) is 0 Å². The van der Waals surface area contributed by atoms with Gasteiger partial charge in [-0.2, -0.15) is 0 Å². The Bertz CT molecular complexity index is 550. The monoisotopic (exact) mass is 286 g/mol. The molecule has 0 aliphatic heterocycles. The van der Waals surface area contributed by atoms with Crippen LogP contribution in [0.4, 0.5) is 13.2 Å². The van der Waals surface area contributed by atoms with E-state index in [-0.39, 0.29) is 10.7 Å². The van der Waals surface area contributed by atoms with E-state index < -0.39 is 11.6 Å². The lowest BCUT2D eigenvalue weighted by Crippen LogP contribution is -1.89. The summed E-state index contributed by atoms with van der Waals surface area (Å²) in [7, 11) is 0. The lowest BCUT2D eigenvalue weighted by atomic mass is 10.3. The van der Waals surface area contributed by atoms with Crippen molar-refractivity contribution in [3.8, 4) is 0 Å². The SMILES string of the molecule is CSc1c(F)cccc1Sc1c(F)cccc1F. The summed E-state index contributed by atoms with van der Waals surface area (Å²) in [6.45, 7) is 0. The number of rotatable bonds is 3. The number of thioether (sulfide) groups is 1. The molecule has 0 aromatic heterocycles.